The van der Waals surface area contributed by atoms with Gasteiger partial charge in [-0.25, -0.2) is 0 Å². The van der Waals surface area contributed by atoms with Crippen molar-refractivity contribution in [3.8, 4) is 0 Å². The van der Waals surface area contributed by atoms with Crippen molar-refractivity contribution in [1.29, 1.82) is 0 Å². The molecule has 3 atom stereocenters. The predicted molar refractivity (Wildman–Crippen MR) is 67.9 cm³/mol. The molecule has 1 amide bonds. The number of rotatable bonds is 2. The van der Waals surface area contributed by atoms with E-state index in [-0.39, 0.29) is 24.5 Å². The first-order chi connectivity index (χ1) is 8.63. The third kappa shape index (κ3) is 2.54. The molecule has 0 aromatic heterocycles. The smallest absolute Gasteiger partial charge is 0.227 e. The summed E-state index contributed by atoms with van der Waals surface area (Å²) >= 11 is 0. The molecule has 1 saturated heterocycles. The van der Waals surface area contributed by atoms with Crippen molar-refractivity contribution >= 4 is 5.91 Å². The molecule has 0 saturated carbocycles. The number of ether oxygens (including phenoxy) is 2. The van der Waals surface area contributed by atoms with Gasteiger partial charge in [0.05, 0.1) is 12.5 Å². The molecule has 1 aliphatic heterocycles. The second kappa shape index (κ2) is 5.50. The molecule has 1 fully saturated rings. The molecule has 0 aliphatic carbocycles. The van der Waals surface area contributed by atoms with Gasteiger partial charge in [0.25, 0.3) is 0 Å². The van der Waals surface area contributed by atoms with Gasteiger partial charge in [-0.2, -0.15) is 0 Å². The van der Waals surface area contributed by atoms with E-state index in [9.17, 15) is 4.79 Å². The fraction of sp³-hybridized carbons (Fsp3) is 0.500. The Bertz CT molecular complexity index is 407. The second-order valence-electron chi connectivity index (χ2n) is 4.58. The molecule has 1 aromatic carbocycles. The van der Waals surface area contributed by atoms with Crippen molar-refractivity contribution in [2.45, 2.75) is 31.8 Å². The predicted octanol–water partition coefficient (Wildman–Crippen LogP) is 1.97. The van der Waals surface area contributed by atoms with E-state index >= 15 is 0 Å². The van der Waals surface area contributed by atoms with Crippen LogP contribution in [0.5, 0.6) is 0 Å². The molecular formula is C14H19NO3. The first-order valence-electron chi connectivity index (χ1n) is 6.12. The molecule has 4 heteroatoms. The Kier molecular flexibility index (Phi) is 3.99. The molecule has 18 heavy (non-hydrogen) atoms. The van der Waals surface area contributed by atoms with Crippen molar-refractivity contribution < 1.29 is 14.3 Å². The Morgan fingerprint density at radius 1 is 1.33 bits per heavy atom. The second-order valence-corrected chi connectivity index (χ2v) is 4.58. The van der Waals surface area contributed by atoms with Crippen LogP contribution >= 0.6 is 0 Å². The third-order valence-electron chi connectivity index (χ3n) is 3.47. The van der Waals surface area contributed by atoms with E-state index in [1.165, 1.54) is 0 Å². The lowest BCUT2D eigenvalue weighted by Gasteiger charge is -2.29. The molecular weight excluding hydrogens is 230 g/mol. The summed E-state index contributed by atoms with van der Waals surface area (Å²) in [6.07, 6.45) is -0.372. The lowest BCUT2D eigenvalue weighted by molar-refractivity contribution is -0.160. The summed E-state index contributed by atoms with van der Waals surface area (Å²) in [6.45, 7) is 1.99. The van der Waals surface area contributed by atoms with Gasteiger partial charge in [-0.05, 0) is 12.5 Å². The average Bonchev–Trinajstić information content (AvgIpc) is 2.51. The Morgan fingerprint density at radius 2 is 2.00 bits per heavy atom. The monoisotopic (exact) mass is 249 g/mol. The molecule has 2 rings (SSSR count). The van der Waals surface area contributed by atoms with E-state index in [2.05, 4.69) is 0 Å². The minimum Gasteiger partial charge on any atom is -0.355 e. The first-order valence-corrected chi connectivity index (χ1v) is 6.12. The summed E-state index contributed by atoms with van der Waals surface area (Å²) in [6, 6.07) is 9.92. The number of carbonyl (C=O) groups is 1. The fourth-order valence-corrected chi connectivity index (χ4v) is 2.18. The third-order valence-corrected chi connectivity index (χ3v) is 3.47. The van der Waals surface area contributed by atoms with Gasteiger partial charge in [0.1, 0.15) is 6.10 Å². The highest BCUT2D eigenvalue weighted by molar-refractivity contribution is 5.76. The van der Waals surface area contributed by atoms with Gasteiger partial charge >= 0.3 is 0 Å². The first kappa shape index (κ1) is 13.1. The quantitative estimate of drug-likeness (QED) is 0.804. The molecule has 0 spiro atoms. The number of carbonyl (C=O) groups excluding carboxylic acids is 1. The largest absolute Gasteiger partial charge is 0.355 e. The van der Waals surface area contributed by atoms with Gasteiger partial charge in [-0.1, -0.05) is 30.3 Å². The van der Waals surface area contributed by atoms with E-state index in [1.54, 1.807) is 12.0 Å². The molecule has 4 nitrogen and oxygen atoms in total. The highest BCUT2D eigenvalue weighted by atomic mass is 16.7. The Labute approximate surface area is 107 Å². The maximum absolute atomic E-state index is 11.9. The molecule has 0 radical (unpaired) electrons. The Balaban J connectivity index is 2.29. The van der Waals surface area contributed by atoms with Gasteiger partial charge in [0.15, 0.2) is 6.29 Å². The van der Waals surface area contributed by atoms with Gasteiger partial charge < -0.3 is 14.4 Å². The maximum atomic E-state index is 11.9. The van der Waals surface area contributed by atoms with Crippen molar-refractivity contribution in [1.82, 2.24) is 4.90 Å². The lowest BCUT2D eigenvalue weighted by Crippen LogP contribution is -2.37. The minimum atomic E-state index is -0.477. The average molecular weight is 249 g/mol. The van der Waals surface area contributed by atoms with Gasteiger partial charge in [-0.3, -0.25) is 4.79 Å². The van der Waals surface area contributed by atoms with E-state index in [0.29, 0.717) is 0 Å². The van der Waals surface area contributed by atoms with Crippen molar-refractivity contribution in [2.24, 2.45) is 0 Å². The number of likely N-dealkylation sites (N-methyl/N-ethyl adjacent to an activating group) is 1. The van der Waals surface area contributed by atoms with E-state index < -0.39 is 6.29 Å². The molecule has 1 heterocycles. The molecule has 98 valence electrons. The number of hydrogen-bond donors (Lipinski definition) is 0. The van der Waals surface area contributed by atoms with Crippen LogP contribution in [0, 0.1) is 0 Å². The summed E-state index contributed by atoms with van der Waals surface area (Å²) < 4.78 is 11.1. The van der Waals surface area contributed by atoms with Crippen LogP contribution in [0.25, 0.3) is 0 Å². The zero-order valence-electron chi connectivity index (χ0n) is 11.0. The number of amides is 1. The Morgan fingerprint density at radius 3 is 2.61 bits per heavy atom. The highest BCUT2D eigenvalue weighted by Gasteiger charge is 2.34. The van der Waals surface area contributed by atoms with Crippen LogP contribution in [0.4, 0.5) is 0 Å². The molecule has 1 aliphatic rings. The molecule has 0 N–H and O–H groups in total. The van der Waals surface area contributed by atoms with Crippen molar-refractivity contribution in [3.63, 3.8) is 0 Å². The van der Waals surface area contributed by atoms with Crippen LogP contribution in [0.3, 0.4) is 0 Å². The molecule has 1 aromatic rings. The Hall–Kier alpha value is -1.39. The zero-order valence-corrected chi connectivity index (χ0v) is 11.0. The van der Waals surface area contributed by atoms with Crippen LogP contribution in [0.1, 0.15) is 25.0 Å². The molecule has 0 unspecified atom stereocenters. The van der Waals surface area contributed by atoms with E-state index in [4.69, 9.17) is 9.47 Å². The summed E-state index contributed by atoms with van der Waals surface area (Å²) in [5, 5.41) is 0. The number of hydrogen-bond acceptors (Lipinski definition) is 3. The van der Waals surface area contributed by atoms with Crippen molar-refractivity contribution in [3.05, 3.63) is 35.9 Å². The topological polar surface area (TPSA) is 38.8 Å². The number of benzene rings is 1. The summed E-state index contributed by atoms with van der Waals surface area (Å²) in [4.78, 5) is 13.7. The number of nitrogens with zero attached hydrogens (tertiary/aromatic N) is 1. The highest BCUT2D eigenvalue weighted by Crippen LogP contribution is 2.30. The summed E-state index contributed by atoms with van der Waals surface area (Å²) in [5.41, 5.74) is 1.06. The van der Waals surface area contributed by atoms with Crippen molar-refractivity contribution in [2.75, 3.05) is 14.2 Å². The minimum absolute atomic E-state index is 0.0138. The van der Waals surface area contributed by atoms with Gasteiger partial charge in [0, 0.05) is 14.2 Å². The molecule has 0 bridgehead atoms. The van der Waals surface area contributed by atoms with Crippen LogP contribution < -0.4 is 0 Å². The fourth-order valence-electron chi connectivity index (χ4n) is 2.18. The van der Waals surface area contributed by atoms with Crippen LogP contribution in [-0.2, 0) is 14.3 Å². The van der Waals surface area contributed by atoms with Crippen LogP contribution in [0.15, 0.2) is 30.3 Å². The zero-order chi connectivity index (χ0) is 13.1. The normalized spacial score (nSPS) is 29.2. The maximum Gasteiger partial charge on any atom is 0.227 e. The van der Waals surface area contributed by atoms with Crippen LogP contribution in [-0.4, -0.2) is 37.3 Å². The van der Waals surface area contributed by atoms with E-state index in [1.807, 2.05) is 44.3 Å². The lowest BCUT2D eigenvalue weighted by atomic mass is 10.0. The summed E-state index contributed by atoms with van der Waals surface area (Å²) in [7, 11) is 3.38. The van der Waals surface area contributed by atoms with Gasteiger partial charge in [-0.15, -0.1) is 0 Å². The van der Waals surface area contributed by atoms with Gasteiger partial charge in [0.2, 0.25) is 5.91 Å². The SMILES string of the molecule is CO[C@@H]1CC(=O)N(C)[C@@H](C)[C@@H](c2ccccc2)O1. The number of methoxy groups -OCH3 is 1. The van der Waals surface area contributed by atoms with E-state index in [0.717, 1.165) is 5.56 Å². The standard InChI is InChI=1S/C14H19NO3/c1-10-14(11-7-5-4-6-8-11)18-13(17-3)9-12(16)15(10)2/h4-8,10,13-14H,9H2,1-3H3/t10-,13-,14-/m0/s1. The van der Waals surface area contributed by atoms with Crippen LogP contribution in [0.2, 0.25) is 0 Å². The summed E-state index contributed by atoms with van der Waals surface area (Å²) in [5.74, 6) is 0.0489.